The van der Waals surface area contributed by atoms with Crippen molar-refractivity contribution in [3.8, 4) is 0 Å². The lowest BCUT2D eigenvalue weighted by molar-refractivity contribution is -0.131. The van der Waals surface area contributed by atoms with Gasteiger partial charge in [0.25, 0.3) is 0 Å². The highest BCUT2D eigenvalue weighted by Crippen LogP contribution is 2.28. The van der Waals surface area contributed by atoms with Crippen LogP contribution in [-0.4, -0.2) is 42.7 Å². The van der Waals surface area contributed by atoms with Gasteiger partial charge in [0.2, 0.25) is 5.91 Å². The number of nitrogens with zero attached hydrogens (tertiary/aromatic N) is 2. The lowest BCUT2D eigenvalue weighted by Crippen LogP contribution is -2.49. The van der Waals surface area contributed by atoms with Crippen molar-refractivity contribution in [2.75, 3.05) is 36.8 Å². The van der Waals surface area contributed by atoms with Gasteiger partial charge in [0.15, 0.2) is 0 Å². The van der Waals surface area contributed by atoms with E-state index in [4.69, 9.17) is 11.6 Å². The number of para-hydroxylation sites is 1. The number of thioether (sulfide) groups is 1. The van der Waals surface area contributed by atoms with E-state index in [1.165, 1.54) is 4.90 Å². The van der Waals surface area contributed by atoms with E-state index in [2.05, 4.69) is 26.9 Å². The van der Waals surface area contributed by atoms with Gasteiger partial charge in [-0.05, 0) is 40.2 Å². The molecule has 0 aromatic heterocycles. The fraction of sp³-hybridized carbons (Fsp3) is 0.316. The number of halogens is 2. The molecule has 1 fully saturated rings. The SMILES string of the molecule is O=C(CCSc1ccccc1Br)N1CCN(c2ccccc2Cl)CC1. The molecule has 0 saturated carbocycles. The molecule has 1 amide bonds. The number of hydrogen-bond acceptors (Lipinski definition) is 3. The minimum absolute atomic E-state index is 0.235. The average Bonchev–Trinajstić information content (AvgIpc) is 2.64. The smallest absolute Gasteiger partial charge is 0.223 e. The van der Waals surface area contributed by atoms with Crippen LogP contribution in [-0.2, 0) is 4.79 Å². The van der Waals surface area contributed by atoms with Crippen molar-refractivity contribution in [3.05, 3.63) is 58.0 Å². The minimum Gasteiger partial charge on any atom is -0.367 e. The van der Waals surface area contributed by atoms with Crippen LogP contribution in [0.2, 0.25) is 5.02 Å². The highest BCUT2D eigenvalue weighted by atomic mass is 79.9. The summed E-state index contributed by atoms with van der Waals surface area (Å²) in [5.41, 5.74) is 1.06. The summed E-state index contributed by atoms with van der Waals surface area (Å²) in [5, 5.41) is 0.770. The molecule has 0 N–H and O–H groups in total. The molecule has 1 aliphatic heterocycles. The normalized spacial score (nSPS) is 14.6. The molecule has 2 aromatic rings. The van der Waals surface area contributed by atoms with Crippen LogP contribution < -0.4 is 4.90 Å². The Kier molecular flexibility index (Phi) is 6.68. The average molecular weight is 440 g/mol. The Morgan fingerprint density at radius 2 is 1.72 bits per heavy atom. The Bertz CT molecular complexity index is 735. The molecule has 0 aliphatic carbocycles. The first kappa shape index (κ1) is 18.6. The van der Waals surface area contributed by atoms with Crippen LogP contribution in [0, 0.1) is 0 Å². The fourth-order valence-electron chi connectivity index (χ4n) is 2.87. The van der Waals surface area contributed by atoms with Crippen LogP contribution in [0.5, 0.6) is 0 Å². The van der Waals surface area contributed by atoms with Gasteiger partial charge in [0, 0.05) is 47.7 Å². The molecule has 1 heterocycles. The van der Waals surface area contributed by atoms with Gasteiger partial charge in [0.1, 0.15) is 0 Å². The third-order valence-electron chi connectivity index (χ3n) is 4.24. The van der Waals surface area contributed by atoms with Crippen LogP contribution in [0.4, 0.5) is 5.69 Å². The summed E-state index contributed by atoms with van der Waals surface area (Å²) in [5.74, 6) is 1.03. The van der Waals surface area contributed by atoms with E-state index in [1.807, 2.05) is 47.4 Å². The molecular formula is C19H20BrClN2OS. The lowest BCUT2D eigenvalue weighted by atomic mass is 10.2. The maximum atomic E-state index is 12.4. The molecular weight excluding hydrogens is 420 g/mol. The second-order valence-corrected chi connectivity index (χ2v) is 8.25. The lowest BCUT2D eigenvalue weighted by Gasteiger charge is -2.36. The van der Waals surface area contributed by atoms with Gasteiger partial charge < -0.3 is 9.80 Å². The number of anilines is 1. The summed E-state index contributed by atoms with van der Waals surface area (Å²) in [6, 6.07) is 16.0. The molecule has 0 radical (unpaired) electrons. The molecule has 0 spiro atoms. The number of carbonyl (C=O) groups is 1. The van der Waals surface area contributed by atoms with Gasteiger partial charge in [0.05, 0.1) is 10.7 Å². The minimum atomic E-state index is 0.235. The summed E-state index contributed by atoms with van der Waals surface area (Å²) in [7, 11) is 0. The van der Waals surface area contributed by atoms with E-state index in [0.29, 0.717) is 6.42 Å². The zero-order valence-corrected chi connectivity index (χ0v) is 17.0. The van der Waals surface area contributed by atoms with E-state index < -0.39 is 0 Å². The first-order valence-electron chi connectivity index (χ1n) is 8.30. The van der Waals surface area contributed by atoms with Gasteiger partial charge in [-0.3, -0.25) is 4.79 Å². The summed E-state index contributed by atoms with van der Waals surface area (Å²) in [6.45, 7) is 3.16. The third kappa shape index (κ3) is 4.93. The maximum absolute atomic E-state index is 12.4. The van der Waals surface area contributed by atoms with Gasteiger partial charge in [-0.15, -0.1) is 11.8 Å². The molecule has 1 saturated heterocycles. The molecule has 3 rings (SSSR count). The Hall–Kier alpha value is -1.17. The van der Waals surface area contributed by atoms with Crippen LogP contribution in [0.25, 0.3) is 0 Å². The number of piperazine rings is 1. The van der Waals surface area contributed by atoms with Crippen molar-refractivity contribution in [2.45, 2.75) is 11.3 Å². The number of hydrogen-bond donors (Lipinski definition) is 0. The molecule has 25 heavy (non-hydrogen) atoms. The first-order chi connectivity index (χ1) is 12.1. The number of rotatable bonds is 5. The van der Waals surface area contributed by atoms with Crippen molar-refractivity contribution < 1.29 is 4.79 Å². The molecule has 1 aliphatic rings. The predicted molar refractivity (Wildman–Crippen MR) is 110 cm³/mol. The predicted octanol–water partition coefficient (Wildman–Crippen LogP) is 4.93. The van der Waals surface area contributed by atoms with Crippen molar-refractivity contribution in [1.29, 1.82) is 0 Å². The van der Waals surface area contributed by atoms with E-state index in [-0.39, 0.29) is 5.91 Å². The molecule has 2 aromatic carbocycles. The Morgan fingerprint density at radius 3 is 2.44 bits per heavy atom. The zero-order chi connectivity index (χ0) is 17.6. The largest absolute Gasteiger partial charge is 0.367 e. The molecule has 6 heteroatoms. The second-order valence-electron chi connectivity index (χ2n) is 5.85. The Balaban J connectivity index is 1.46. The Morgan fingerprint density at radius 1 is 1.04 bits per heavy atom. The van der Waals surface area contributed by atoms with Gasteiger partial charge in [-0.25, -0.2) is 0 Å². The quantitative estimate of drug-likeness (QED) is 0.617. The summed E-state index contributed by atoms with van der Waals surface area (Å²) < 4.78 is 1.08. The fourth-order valence-corrected chi connectivity index (χ4v) is 4.63. The molecule has 0 bridgehead atoms. The van der Waals surface area contributed by atoms with E-state index in [0.717, 1.165) is 47.1 Å². The highest BCUT2D eigenvalue weighted by Gasteiger charge is 2.22. The summed E-state index contributed by atoms with van der Waals surface area (Å²) >= 11 is 11.5. The van der Waals surface area contributed by atoms with Gasteiger partial charge in [-0.1, -0.05) is 35.9 Å². The molecule has 132 valence electrons. The second kappa shape index (κ2) is 8.97. The standard InChI is InChI=1S/C19H20BrClN2OS/c20-15-5-1-4-8-18(15)25-14-9-19(24)23-12-10-22(11-13-23)17-7-3-2-6-16(17)21/h1-8H,9-14H2. The number of benzene rings is 2. The van der Waals surface area contributed by atoms with Crippen molar-refractivity contribution in [1.82, 2.24) is 4.90 Å². The third-order valence-corrected chi connectivity index (χ3v) is 6.58. The number of carbonyl (C=O) groups excluding carboxylic acids is 1. The first-order valence-corrected chi connectivity index (χ1v) is 10.5. The van der Waals surface area contributed by atoms with Crippen LogP contribution in [0.15, 0.2) is 57.9 Å². The topological polar surface area (TPSA) is 23.6 Å². The molecule has 0 unspecified atom stereocenters. The maximum Gasteiger partial charge on any atom is 0.223 e. The summed E-state index contributed by atoms with van der Waals surface area (Å²) in [6.07, 6.45) is 0.568. The van der Waals surface area contributed by atoms with Gasteiger partial charge in [-0.2, -0.15) is 0 Å². The molecule has 0 atom stereocenters. The summed E-state index contributed by atoms with van der Waals surface area (Å²) in [4.78, 5) is 17.8. The number of amides is 1. The zero-order valence-electron chi connectivity index (χ0n) is 13.8. The van der Waals surface area contributed by atoms with Crippen molar-refractivity contribution in [2.24, 2.45) is 0 Å². The molecule has 3 nitrogen and oxygen atoms in total. The van der Waals surface area contributed by atoms with Crippen LogP contribution in [0.1, 0.15) is 6.42 Å². The van der Waals surface area contributed by atoms with Crippen LogP contribution >= 0.6 is 39.3 Å². The van der Waals surface area contributed by atoms with Crippen molar-refractivity contribution in [3.63, 3.8) is 0 Å². The van der Waals surface area contributed by atoms with E-state index >= 15 is 0 Å². The monoisotopic (exact) mass is 438 g/mol. The van der Waals surface area contributed by atoms with Crippen molar-refractivity contribution >= 4 is 50.9 Å². The Labute approximate surface area is 166 Å². The van der Waals surface area contributed by atoms with Gasteiger partial charge >= 0.3 is 0 Å². The van der Waals surface area contributed by atoms with Crippen LogP contribution in [0.3, 0.4) is 0 Å². The highest BCUT2D eigenvalue weighted by molar-refractivity contribution is 9.10. The van der Waals surface area contributed by atoms with E-state index in [1.54, 1.807) is 11.8 Å². The van der Waals surface area contributed by atoms with E-state index in [9.17, 15) is 4.79 Å².